The van der Waals surface area contributed by atoms with Crippen molar-refractivity contribution in [1.82, 2.24) is 9.38 Å². The number of para-hydroxylation sites is 2. The van der Waals surface area contributed by atoms with Gasteiger partial charge in [-0.3, -0.25) is 14.0 Å². The van der Waals surface area contributed by atoms with Crippen molar-refractivity contribution in [3.05, 3.63) is 64.4 Å². The fourth-order valence-corrected chi connectivity index (χ4v) is 4.09. The maximum atomic E-state index is 13.1. The third-order valence-electron chi connectivity index (χ3n) is 5.65. The van der Waals surface area contributed by atoms with Gasteiger partial charge in [0.1, 0.15) is 11.7 Å². The molecule has 0 amide bonds. The lowest BCUT2D eigenvalue weighted by atomic mass is 10.1. The Morgan fingerprint density at radius 3 is 2.81 bits per heavy atom. The van der Waals surface area contributed by atoms with Crippen LogP contribution in [0.2, 0.25) is 0 Å². The van der Waals surface area contributed by atoms with Gasteiger partial charge in [-0.05, 0) is 37.3 Å². The van der Waals surface area contributed by atoms with E-state index in [1.165, 1.54) is 4.40 Å². The molecular formula is C24H18N4O4. The number of fused-ring (bicyclic) bond motifs is 6. The molecule has 3 heterocycles. The van der Waals surface area contributed by atoms with E-state index in [0.717, 1.165) is 11.1 Å². The molecular weight excluding hydrogens is 408 g/mol. The summed E-state index contributed by atoms with van der Waals surface area (Å²) in [4.78, 5) is 30.7. The Bertz CT molecular complexity index is 1640. The standard InChI is InChI=1S/C24H18N4O4/c1-2-27(10-9-21(29)30)15-8-7-14-11-16-22(32-20(14)12-15)17(13-25)24(31)28-19-6-4-3-5-18(19)26-23(16)28/h3-8,11-12H,2,9-10H2,1H3,(H,29,30). The van der Waals surface area contributed by atoms with Gasteiger partial charge in [0, 0.05) is 30.2 Å². The maximum absolute atomic E-state index is 13.1. The molecule has 8 heteroatoms. The zero-order chi connectivity index (χ0) is 22.4. The number of nitrogens with zero attached hydrogens (tertiary/aromatic N) is 4. The highest BCUT2D eigenvalue weighted by atomic mass is 16.4. The summed E-state index contributed by atoms with van der Waals surface area (Å²) in [5.74, 6) is -0.863. The zero-order valence-corrected chi connectivity index (χ0v) is 17.2. The van der Waals surface area contributed by atoms with Crippen molar-refractivity contribution in [2.75, 3.05) is 18.0 Å². The van der Waals surface area contributed by atoms with Crippen molar-refractivity contribution in [1.29, 1.82) is 5.26 Å². The Kier molecular flexibility index (Phi) is 4.52. The summed E-state index contributed by atoms with van der Waals surface area (Å²) in [6.45, 7) is 2.93. The Labute approximate surface area is 181 Å². The highest BCUT2D eigenvalue weighted by Gasteiger charge is 2.19. The fraction of sp³-hybridized carbons (Fsp3) is 0.167. The number of rotatable bonds is 5. The second kappa shape index (κ2) is 7.39. The number of pyridine rings is 1. The topological polar surface area (TPSA) is 112 Å². The molecule has 1 N–H and O–H groups in total. The van der Waals surface area contributed by atoms with Crippen molar-refractivity contribution >= 4 is 50.3 Å². The molecule has 0 bridgehead atoms. The van der Waals surface area contributed by atoms with Gasteiger partial charge in [0.15, 0.2) is 16.8 Å². The monoisotopic (exact) mass is 426 g/mol. The van der Waals surface area contributed by atoms with E-state index in [9.17, 15) is 14.9 Å². The summed E-state index contributed by atoms with van der Waals surface area (Å²) < 4.78 is 7.55. The number of imidazole rings is 1. The van der Waals surface area contributed by atoms with Gasteiger partial charge in [-0.25, -0.2) is 4.98 Å². The van der Waals surface area contributed by atoms with Crippen LogP contribution in [0.3, 0.4) is 0 Å². The molecule has 3 aromatic heterocycles. The summed E-state index contributed by atoms with van der Waals surface area (Å²) in [5, 5.41) is 20.1. The molecule has 32 heavy (non-hydrogen) atoms. The van der Waals surface area contributed by atoms with Crippen molar-refractivity contribution in [3.63, 3.8) is 0 Å². The van der Waals surface area contributed by atoms with Gasteiger partial charge in [0.05, 0.1) is 22.8 Å². The minimum atomic E-state index is -0.863. The molecule has 5 rings (SSSR count). The van der Waals surface area contributed by atoms with E-state index in [2.05, 4.69) is 4.98 Å². The van der Waals surface area contributed by atoms with E-state index >= 15 is 0 Å². The first-order valence-electron chi connectivity index (χ1n) is 10.2. The Morgan fingerprint density at radius 2 is 2.06 bits per heavy atom. The SMILES string of the molecule is CCN(CCC(=O)O)c1ccc2cc3c(oc2c1)c(C#N)c(=O)n1c2ccccc2nc31. The number of aliphatic carboxylic acids is 1. The van der Waals surface area contributed by atoms with E-state index in [4.69, 9.17) is 9.52 Å². The van der Waals surface area contributed by atoms with E-state index in [0.29, 0.717) is 40.7 Å². The van der Waals surface area contributed by atoms with Gasteiger partial charge in [0.2, 0.25) is 0 Å². The first-order valence-corrected chi connectivity index (χ1v) is 10.2. The number of benzene rings is 2. The lowest BCUT2D eigenvalue weighted by molar-refractivity contribution is -0.136. The predicted octanol–water partition coefficient (Wildman–Crippen LogP) is 3.92. The average molecular weight is 426 g/mol. The minimum absolute atomic E-state index is 0.0181. The van der Waals surface area contributed by atoms with E-state index in [-0.39, 0.29) is 17.6 Å². The summed E-state index contributed by atoms with van der Waals surface area (Å²) in [5.41, 5.74) is 2.68. The second-order valence-corrected chi connectivity index (χ2v) is 7.49. The molecule has 0 fully saturated rings. The third-order valence-corrected chi connectivity index (χ3v) is 5.65. The van der Waals surface area contributed by atoms with Gasteiger partial charge in [0.25, 0.3) is 5.56 Å². The number of carboxylic acids is 1. The molecule has 0 atom stereocenters. The van der Waals surface area contributed by atoms with Crippen LogP contribution in [0.5, 0.6) is 0 Å². The van der Waals surface area contributed by atoms with E-state index < -0.39 is 11.5 Å². The summed E-state index contributed by atoms with van der Waals surface area (Å²) in [6, 6.07) is 16.7. The van der Waals surface area contributed by atoms with Crippen molar-refractivity contribution in [3.8, 4) is 6.07 Å². The third kappa shape index (κ3) is 2.94. The second-order valence-electron chi connectivity index (χ2n) is 7.49. The molecule has 8 nitrogen and oxygen atoms in total. The maximum Gasteiger partial charge on any atom is 0.305 e. The zero-order valence-electron chi connectivity index (χ0n) is 17.2. The van der Waals surface area contributed by atoms with Crippen LogP contribution < -0.4 is 10.5 Å². The molecule has 0 aliphatic heterocycles. The van der Waals surface area contributed by atoms with Crippen molar-refractivity contribution < 1.29 is 14.3 Å². The molecule has 0 saturated carbocycles. The van der Waals surface area contributed by atoms with Crippen molar-refractivity contribution in [2.45, 2.75) is 13.3 Å². The van der Waals surface area contributed by atoms with Gasteiger partial charge < -0.3 is 14.4 Å². The first kappa shape index (κ1) is 19.6. The molecule has 0 radical (unpaired) electrons. The van der Waals surface area contributed by atoms with Crippen LogP contribution in [0.1, 0.15) is 18.9 Å². The van der Waals surface area contributed by atoms with Crippen LogP contribution in [-0.4, -0.2) is 33.6 Å². The highest BCUT2D eigenvalue weighted by molar-refractivity contribution is 6.02. The molecule has 2 aromatic carbocycles. The lowest BCUT2D eigenvalue weighted by Gasteiger charge is -2.22. The molecule has 5 aromatic rings. The van der Waals surface area contributed by atoms with Gasteiger partial charge in [-0.2, -0.15) is 5.26 Å². The quantitative estimate of drug-likeness (QED) is 0.424. The normalized spacial score (nSPS) is 11.4. The lowest BCUT2D eigenvalue weighted by Crippen LogP contribution is -2.25. The van der Waals surface area contributed by atoms with Gasteiger partial charge >= 0.3 is 5.97 Å². The Balaban J connectivity index is 1.79. The molecule has 0 spiro atoms. The minimum Gasteiger partial charge on any atom is -0.481 e. The van der Waals surface area contributed by atoms with E-state index in [1.54, 1.807) is 12.1 Å². The number of anilines is 1. The Morgan fingerprint density at radius 1 is 1.25 bits per heavy atom. The average Bonchev–Trinajstić information content (AvgIpc) is 3.19. The summed E-state index contributed by atoms with van der Waals surface area (Å²) in [7, 11) is 0. The number of hydrogen-bond donors (Lipinski definition) is 1. The Hall–Kier alpha value is -4.38. The van der Waals surface area contributed by atoms with Crippen LogP contribution in [0.15, 0.2) is 57.7 Å². The summed E-state index contributed by atoms with van der Waals surface area (Å²) >= 11 is 0. The highest BCUT2D eigenvalue weighted by Crippen LogP contribution is 2.31. The molecule has 0 aliphatic carbocycles. The fourth-order valence-electron chi connectivity index (χ4n) is 4.09. The number of hydrogen-bond acceptors (Lipinski definition) is 6. The van der Waals surface area contributed by atoms with Crippen LogP contribution >= 0.6 is 0 Å². The van der Waals surface area contributed by atoms with Crippen LogP contribution in [0.4, 0.5) is 5.69 Å². The van der Waals surface area contributed by atoms with Crippen LogP contribution in [-0.2, 0) is 4.79 Å². The predicted molar refractivity (Wildman–Crippen MR) is 121 cm³/mol. The molecule has 0 saturated heterocycles. The first-order chi connectivity index (χ1) is 15.5. The number of carbonyl (C=O) groups is 1. The van der Waals surface area contributed by atoms with Crippen LogP contribution in [0.25, 0.3) is 38.6 Å². The largest absolute Gasteiger partial charge is 0.481 e. The number of nitriles is 1. The molecule has 0 aliphatic rings. The van der Waals surface area contributed by atoms with E-state index in [1.807, 2.05) is 54.3 Å². The van der Waals surface area contributed by atoms with Crippen LogP contribution in [0, 0.1) is 11.3 Å². The van der Waals surface area contributed by atoms with Gasteiger partial charge in [-0.1, -0.05) is 12.1 Å². The smallest absolute Gasteiger partial charge is 0.305 e. The number of aromatic nitrogens is 2. The number of carboxylic acid groups (broad SMARTS) is 1. The molecule has 0 unspecified atom stereocenters. The summed E-state index contributed by atoms with van der Waals surface area (Å²) in [6.07, 6.45) is 0.0181. The van der Waals surface area contributed by atoms with Crippen molar-refractivity contribution in [2.24, 2.45) is 0 Å². The van der Waals surface area contributed by atoms with Gasteiger partial charge in [-0.15, -0.1) is 0 Å². The molecule has 158 valence electrons.